The number of hydrogen-bond acceptors (Lipinski definition) is 4. The maximum atomic E-state index is 12.5. The van der Waals surface area contributed by atoms with Crippen molar-refractivity contribution < 1.29 is 19.4 Å². The van der Waals surface area contributed by atoms with Crippen molar-refractivity contribution in [3.8, 4) is 0 Å². The van der Waals surface area contributed by atoms with E-state index in [4.69, 9.17) is 9.47 Å². The minimum Gasteiger partial charge on any atom is -0.469 e. The molecule has 25 heavy (non-hydrogen) atoms. The van der Waals surface area contributed by atoms with Gasteiger partial charge in [-0.25, -0.2) is 0 Å². The second-order valence-electron chi connectivity index (χ2n) is 9.16. The molecule has 4 nitrogen and oxygen atoms in total. The Labute approximate surface area is 152 Å². The van der Waals surface area contributed by atoms with Gasteiger partial charge in [-0.15, -0.1) is 0 Å². The Hall–Kier alpha value is -0.870. The molecular formula is C21H34O4. The number of rotatable bonds is 5. The van der Waals surface area contributed by atoms with Crippen LogP contribution in [-0.4, -0.2) is 36.5 Å². The normalized spacial score (nSPS) is 46.2. The molecule has 1 heterocycles. The van der Waals surface area contributed by atoms with E-state index in [0.717, 1.165) is 38.5 Å². The van der Waals surface area contributed by atoms with Gasteiger partial charge < -0.3 is 14.6 Å². The number of aliphatic hydroxyl groups excluding tert-OH is 1. The van der Waals surface area contributed by atoms with Crippen molar-refractivity contribution in [2.45, 2.75) is 77.9 Å². The number of carbonyl (C=O) groups is 1. The number of carbonyl (C=O) groups excluding carboxylic acids is 1. The molecular weight excluding hydrogens is 316 g/mol. The molecule has 4 heteroatoms. The van der Waals surface area contributed by atoms with Crippen molar-refractivity contribution in [3.05, 3.63) is 11.6 Å². The van der Waals surface area contributed by atoms with Crippen LogP contribution in [0.3, 0.4) is 0 Å². The van der Waals surface area contributed by atoms with Gasteiger partial charge in [0.05, 0.1) is 24.7 Å². The van der Waals surface area contributed by atoms with Crippen molar-refractivity contribution >= 4 is 5.97 Å². The summed E-state index contributed by atoms with van der Waals surface area (Å²) in [5, 5.41) is 9.35. The molecule has 2 unspecified atom stereocenters. The van der Waals surface area contributed by atoms with Gasteiger partial charge in [0, 0.05) is 0 Å². The van der Waals surface area contributed by atoms with Gasteiger partial charge >= 0.3 is 5.97 Å². The molecule has 0 aromatic carbocycles. The predicted octanol–water partition coefficient (Wildman–Crippen LogP) is 3.87. The van der Waals surface area contributed by atoms with Gasteiger partial charge in [0.25, 0.3) is 0 Å². The van der Waals surface area contributed by atoms with Crippen molar-refractivity contribution in [3.63, 3.8) is 0 Å². The van der Waals surface area contributed by atoms with E-state index in [9.17, 15) is 9.90 Å². The predicted molar refractivity (Wildman–Crippen MR) is 97.0 cm³/mol. The van der Waals surface area contributed by atoms with Crippen molar-refractivity contribution in [2.75, 3.05) is 13.7 Å². The molecule has 1 aliphatic heterocycles. The summed E-state index contributed by atoms with van der Waals surface area (Å²) in [6.45, 7) is 9.03. The SMILES string of the molecule is COC(=O)C1(C)CCC=C2C1CC[C@@H](C)[C@]2(C)CC[C@@]1(C)O[C@@H]1CO. The van der Waals surface area contributed by atoms with Crippen LogP contribution in [0.5, 0.6) is 0 Å². The lowest BCUT2D eigenvalue weighted by Gasteiger charge is -2.53. The first-order valence-electron chi connectivity index (χ1n) is 9.79. The fourth-order valence-electron chi connectivity index (χ4n) is 5.43. The minimum atomic E-state index is -0.395. The molecule has 2 aliphatic carbocycles. The summed E-state index contributed by atoms with van der Waals surface area (Å²) in [7, 11) is 1.51. The van der Waals surface area contributed by atoms with E-state index in [2.05, 4.69) is 33.8 Å². The smallest absolute Gasteiger partial charge is 0.312 e. The van der Waals surface area contributed by atoms with Crippen molar-refractivity contribution in [1.29, 1.82) is 0 Å². The highest BCUT2D eigenvalue weighted by Gasteiger charge is 2.56. The molecule has 1 saturated heterocycles. The van der Waals surface area contributed by atoms with Gasteiger partial charge in [0.2, 0.25) is 0 Å². The standard InChI is InChI=1S/C21H34O4/c1-14-8-9-16-15(7-6-10-20(16,3)18(23)24-5)19(14,2)11-12-21(4)17(13-22)25-21/h7,14,16-17,22H,6,8-13H2,1-5H3/t14-,16?,17-,19+,20?,21-/m1/s1. The summed E-state index contributed by atoms with van der Waals surface area (Å²) in [6.07, 6.45) is 8.45. The third-order valence-electron chi connectivity index (χ3n) is 7.80. The molecule has 6 atom stereocenters. The molecule has 0 aromatic heterocycles. The highest BCUT2D eigenvalue weighted by molar-refractivity contribution is 5.77. The molecule has 2 fully saturated rings. The van der Waals surface area contributed by atoms with Gasteiger partial charge in [0.1, 0.15) is 6.10 Å². The number of hydrogen-bond donors (Lipinski definition) is 1. The summed E-state index contributed by atoms with van der Waals surface area (Å²) < 4.78 is 10.9. The molecule has 0 radical (unpaired) electrons. The lowest BCUT2D eigenvalue weighted by molar-refractivity contribution is -0.156. The molecule has 142 valence electrons. The summed E-state index contributed by atoms with van der Waals surface area (Å²) >= 11 is 0. The first kappa shape index (κ1) is 18.9. The first-order chi connectivity index (χ1) is 11.7. The van der Waals surface area contributed by atoms with Crippen molar-refractivity contribution in [2.24, 2.45) is 22.7 Å². The third-order valence-corrected chi connectivity index (χ3v) is 7.80. The van der Waals surface area contributed by atoms with E-state index in [-0.39, 0.29) is 35.6 Å². The molecule has 0 spiro atoms. The van der Waals surface area contributed by atoms with Crippen LogP contribution in [0.25, 0.3) is 0 Å². The van der Waals surface area contributed by atoms with Crippen LogP contribution in [0.15, 0.2) is 11.6 Å². The number of epoxide rings is 1. The highest BCUT2D eigenvalue weighted by atomic mass is 16.6. The number of aliphatic hydroxyl groups is 1. The first-order valence-corrected chi connectivity index (χ1v) is 9.79. The highest BCUT2D eigenvalue weighted by Crippen LogP contribution is 2.59. The monoisotopic (exact) mass is 350 g/mol. The Balaban J connectivity index is 1.83. The molecule has 1 saturated carbocycles. The fourth-order valence-corrected chi connectivity index (χ4v) is 5.43. The van der Waals surface area contributed by atoms with E-state index >= 15 is 0 Å². The molecule has 0 aromatic rings. The van der Waals surface area contributed by atoms with Gasteiger partial charge in [-0.3, -0.25) is 4.79 Å². The Morgan fingerprint density at radius 3 is 2.64 bits per heavy atom. The molecule has 3 rings (SSSR count). The van der Waals surface area contributed by atoms with E-state index in [1.165, 1.54) is 12.7 Å². The van der Waals surface area contributed by atoms with Crippen LogP contribution >= 0.6 is 0 Å². The van der Waals surface area contributed by atoms with Crippen molar-refractivity contribution in [1.82, 2.24) is 0 Å². The van der Waals surface area contributed by atoms with Gasteiger partial charge in [-0.05, 0) is 69.6 Å². The van der Waals surface area contributed by atoms with Crippen LogP contribution < -0.4 is 0 Å². The molecule has 0 amide bonds. The Bertz CT molecular complexity index is 570. The second-order valence-corrected chi connectivity index (χ2v) is 9.16. The zero-order chi connectivity index (χ0) is 18.5. The van der Waals surface area contributed by atoms with Crippen LogP contribution in [0.1, 0.15) is 66.2 Å². The number of fused-ring (bicyclic) bond motifs is 1. The average molecular weight is 350 g/mol. The zero-order valence-electron chi connectivity index (χ0n) is 16.4. The van der Waals surface area contributed by atoms with E-state index in [1.54, 1.807) is 0 Å². The lowest BCUT2D eigenvalue weighted by atomic mass is 9.51. The van der Waals surface area contributed by atoms with E-state index in [0.29, 0.717) is 5.92 Å². The maximum absolute atomic E-state index is 12.5. The largest absolute Gasteiger partial charge is 0.469 e. The maximum Gasteiger partial charge on any atom is 0.312 e. The third kappa shape index (κ3) is 2.95. The van der Waals surface area contributed by atoms with E-state index in [1.807, 2.05) is 0 Å². The molecule has 3 aliphatic rings. The average Bonchev–Trinajstić information content (AvgIpc) is 3.27. The number of ether oxygens (including phenoxy) is 2. The van der Waals surface area contributed by atoms with Gasteiger partial charge in [-0.2, -0.15) is 0 Å². The summed E-state index contributed by atoms with van der Waals surface area (Å²) in [4.78, 5) is 12.5. The van der Waals surface area contributed by atoms with Crippen LogP contribution in [-0.2, 0) is 14.3 Å². The van der Waals surface area contributed by atoms with Crippen LogP contribution in [0, 0.1) is 22.7 Å². The quantitative estimate of drug-likeness (QED) is 0.464. The van der Waals surface area contributed by atoms with Gasteiger partial charge in [-0.1, -0.05) is 25.5 Å². The summed E-state index contributed by atoms with van der Waals surface area (Å²) in [5.41, 5.74) is 0.988. The van der Waals surface area contributed by atoms with Crippen LogP contribution in [0.2, 0.25) is 0 Å². The summed E-state index contributed by atoms with van der Waals surface area (Å²) in [6, 6.07) is 0. The topological polar surface area (TPSA) is 59.1 Å². The minimum absolute atomic E-state index is 0.00790. The Morgan fingerprint density at radius 1 is 1.32 bits per heavy atom. The number of esters is 1. The number of methoxy groups -OCH3 is 1. The molecule has 1 N–H and O–H groups in total. The van der Waals surface area contributed by atoms with E-state index < -0.39 is 5.41 Å². The fraction of sp³-hybridized carbons (Fsp3) is 0.857. The van der Waals surface area contributed by atoms with Gasteiger partial charge in [0.15, 0.2) is 0 Å². The second kappa shape index (κ2) is 6.38. The Morgan fingerprint density at radius 2 is 2.04 bits per heavy atom. The zero-order valence-corrected chi connectivity index (χ0v) is 16.4. The Kier molecular flexibility index (Phi) is 4.83. The van der Waals surface area contributed by atoms with Crippen LogP contribution in [0.4, 0.5) is 0 Å². The number of allylic oxidation sites excluding steroid dienone is 2. The molecule has 0 bridgehead atoms. The lowest BCUT2D eigenvalue weighted by Crippen LogP contribution is -2.48. The summed E-state index contributed by atoms with van der Waals surface area (Å²) in [5.74, 6) is 0.819.